The maximum atomic E-state index is 11.8. The van der Waals surface area contributed by atoms with Gasteiger partial charge < -0.3 is 5.32 Å². The number of halogens is 2. The van der Waals surface area contributed by atoms with Crippen LogP contribution in [0.3, 0.4) is 0 Å². The monoisotopic (exact) mass is 311 g/mol. The van der Waals surface area contributed by atoms with E-state index >= 15 is 0 Å². The molecular formula is C11H7BrClN3O. The van der Waals surface area contributed by atoms with Crippen molar-refractivity contribution in [3.63, 3.8) is 0 Å². The van der Waals surface area contributed by atoms with E-state index in [-0.39, 0.29) is 16.8 Å². The summed E-state index contributed by atoms with van der Waals surface area (Å²) in [6.45, 7) is 0. The number of rotatable bonds is 2. The molecule has 0 aliphatic rings. The Morgan fingerprint density at radius 3 is 2.65 bits per heavy atom. The molecule has 0 saturated carbocycles. The molecule has 4 nitrogen and oxygen atoms in total. The smallest absolute Gasteiger partial charge is 0.275 e. The zero-order valence-corrected chi connectivity index (χ0v) is 10.9. The molecule has 0 spiro atoms. The van der Waals surface area contributed by atoms with Crippen molar-refractivity contribution < 1.29 is 4.79 Å². The van der Waals surface area contributed by atoms with Crippen LogP contribution in [-0.4, -0.2) is 15.9 Å². The Balaban J connectivity index is 2.17. The SMILES string of the molecule is O=C(Nc1ccccc1Br)c1cnc(Cl)cn1. The molecule has 0 radical (unpaired) electrons. The lowest BCUT2D eigenvalue weighted by molar-refractivity contribution is 0.102. The summed E-state index contributed by atoms with van der Waals surface area (Å²) in [5, 5.41) is 2.97. The van der Waals surface area contributed by atoms with E-state index in [2.05, 4.69) is 31.2 Å². The van der Waals surface area contributed by atoms with Crippen LogP contribution in [0, 0.1) is 0 Å². The molecule has 0 atom stereocenters. The van der Waals surface area contributed by atoms with Gasteiger partial charge in [-0.3, -0.25) is 4.79 Å². The lowest BCUT2D eigenvalue weighted by Gasteiger charge is -2.05. The molecule has 0 unspecified atom stereocenters. The van der Waals surface area contributed by atoms with Gasteiger partial charge in [0.05, 0.1) is 18.1 Å². The molecule has 1 aromatic heterocycles. The van der Waals surface area contributed by atoms with Gasteiger partial charge in [-0.05, 0) is 28.1 Å². The highest BCUT2D eigenvalue weighted by Crippen LogP contribution is 2.21. The zero-order chi connectivity index (χ0) is 12.3. The Morgan fingerprint density at radius 2 is 2.00 bits per heavy atom. The summed E-state index contributed by atoms with van der Waals surface area (Å²) < 4.78 is 0.801. The zero-order valence-electron chi connectivity index (χ0n) is 8.52. The number of carbonyl (C=O) groups excluding carboxylic acids is 1. The molecule has 6 heteroatoms. The van der Waals surface area contributed by atoms with Gasteiger partial charge in [-0.1, -0.05) is 23.7 Å². The van der Waals surface area contributed by atoms with Crippen molar-refractivity contribution in [2.24, 2.45) is 0 Å². The van der Waals surface area contributed by atoms with Crippen LogP contribution < -0.4 is 5.32 Å². The number of anilines is 1. The first-order chi connectivity index (χ1) is 8.16. The number of hydrogen-bond donors (Lipinski definition) is 1. The fourth-order valence-corrected chi connectivity index (χ4v) is 1.66. The Labute approximate surface area is 111 Å². The maximum absolute atomic E-state index is 11.8. The quantitative estimate of drug-likeness (QED) is 0.927. The Bertz CT molecular complexity index is 545. The molecule has 0 fully saturated rings. The molecule has 2 rings (SSSR count). The van der Waals surface area contributed by atoms with E-state index in [1.807, 2.05) is 18.2 Å². The molecule has 0 bridgehead atoms. The Kier molecular flexibility index (Phi) is 3.71. The fraction of sp³-hybridized carbons (Fsp3) is 0. The highest BCUT2D eigenvalue weighted by Gasteiger charge is 2.09. The van der Waals surface area contributed by atoms with Crippen molar-refractivity contribution in [1.82, 2.24) is 9.97 Å². The van der Waals surface area contributed by atoms with Crippen molar-refractivity contribution in [3.05, 3.63) is 52.0 Å². The summed E-state index contributed by atoms with van der Waals surface area (Å²) in [6, 6.07) is 7.31. The largest absolute Gasteiger partial charge is 0.320 e. The van der Waals surface area contributed by atoms with Gasteiger partial charge in [0, 0.05) is 4.47 Å². The van der Waals surface area contributed by atoms with Crippen molar-refractivity contribution in [2.45, 2.75) is 0 Å². The summed E-state index contributed by atoms with van der Waals surface area (Å²) in [4.78, 5) is 19.5. The topological polar surface area (TPSA) is 54.9 Å². The average Bonchev–Trinajstić information content (AvgIpc) is 2.33. The standard InChI is InChI=1S/C11H7BrClN3O/c12-7-3-1-2-4-8(7)16-11(17)9-5-15-10(13)6-14-9/h1-6H,(H,16,17). The van der Waals surface area contributed by atoms with Crippen LogP contribution in [0.5, 0.6) is 0 Å². The summed E-state index contributed by atoms with van der Waals surface area (Å²) >= 11 is 8.93. The molecule has 0 aliphatic heterocycles. The minimum Gasteiger partial charge on any atom is -0.320 e. The number of hydrogen-bond acceptors (Lipinski definition) is 3. The molecule has 1 N–H and O–H groups in total. The molecule has 0 saturated heterocycles. The van der Waals surface area contributed by atoms with E-state index in [1.165, 1.54) is 12.4 Å². The second kappa shape index (κ2) is 5.25. The Morgan fingerprint density at radius 1 is 1.24 bits per heavy atom. The van der Waals surface area contributed by atoms with Crippen LogP contribution in [0.25, 0.3) is 0 Å². The second-order valence-corrected chi connectivity index (χ2v) is 4.40. The van der Waals surface area contributed by atoms with E-state index in [0.29, 0.717) is 5.69 Å². The van der Waals surface area contributed by atoms with Gasteiger partial charge in [-0.2, -0.15) is 0 Å². The predicted molar refractivity (Wildman–Crippen MR) is 69.1 cm³/mol. The van der Waals surface area contributed by atoms with E-state index in [0.717, 1.165) is 4.47 Å². The van der Waals surface area contributed by atoms with Crippen LogP contribution in [-0.2, 0) is 0 Å². The number of nitrogens with one attached hydrogen (secondary N) is 1. The summed E-state index contributed by atoms with van der Waals surface area (Å²) in [7, 11) is 0. The van der Waals surface area contributed by atoms with E-state index in [1.54, 1.807) is 6.07 Å². The molecule has 1 amide bonds. The third kappa shape index (κ3) is 3.01. The first-order valence-electron chi connectivity index (χ1n) is 4.70. The van der Waals surface area contributed by atoms with Gasteiger partial charge in [0.2, 0.25) is 0 Å². The van der Waals surface area contributed by atoms with Gasteiger partial charge in [-0.25, -0.2) is 9.97 Å². The van der Waals surface area contributed by atoms with E-state index in [9.17, 15) is 4.79 Å². The number of carbonyl (C=O) groups is 1. The van der Waals surface area contributed by atoms with Crippen molar-refractivity contribution >= 4 is 39.1 Å². The van der Waals surface area contributed by atoms with Crippen LogP contribution in [0.4, 0.5) is 5.69 Å². The molecular weight excluding hydrogens is 305 g/mol. The van der Waals surface area contributed by atoms with Gasteiger partial charge in [0.1, 0.15) is 10.8 Å². The minimum atomic E-state index is -0.332. The highest BCUT2D eigenvalue weighted by molar-refractivity contribution is 9.10. The summed E-state index contributed by atoms with van der Waals surface area (Å²) in [6.07, 6.45) is 2.66. The maximum Gasteiger partial charge on any atom is 0.275 e. The molecule has 86 valence electrons. The molecule has 1 heterocycles. The number of nitrogens with zero attached hydrogens (tertiary/aromatic N) is 2. The fourth-order valence-electron chi connectivity index (χ4n) is 1.18. The van der Waals surface area contributed by atoms with Crippen molar-refractivity contribution in [1.29, 1.82) is 0 Å². The van der Waals surface area contributed by atoms with Crippen LogP contribution in [0.15, 0.2) is 41.1 Å². The van der Waals surface area contributed by atoms with Crippen molar-refractivity contribution in [3.8, 4) is 0 Å². The van der Waals surface area contributed by atoms with Gasteiger partial charge in [0.25, 0.3) is 5.91 Å². The van der Waals surface area contributed by atoms with Gasteiger partial charge in [0.15, 0.2) is 0 Å². The first kappa shape index (κ1) is 12.0. The Hall–Kier alpha value is -1.46. The summed E-state index contributed by atoms with van der Waals surface area (Å²) in [5.74, 6) is -0.332. The second-order valence-electron chi connectivity index (χ2n) is 3.16. The lowest BCUT2D eigenvalue weighted by atomic mass is 10.3. The number of aromatic nitrogens is 2. The molecule has 17 heavy (non-hydrogen) atoms. The van der Waals surface area contributed by atoms with Crippen LogP contribution in [0.2, 0.25) is 5.15 Å². The molecule has 2 aromatic rings. The molecule has 1 aromatic carbocycles. The van der Waals surface area contributed by atoms with Gasteiger partial charge >= 0.3 is 0 Å². The highest BCUT2D eigenvalue weighted by atomic mass is 79.9. The normalized spacial score (nSPS) is 10.0. The third-order valence-corrected chi connectivity index (χ3v) is 2.86. The number of benzene rings is 1. The van der Waals surface area contributed by atoms with E-state index in [4.69, 9.17) is 11.6 Å². The first-order valence-corrected chi connectivity index (χ1v) is 5.87. The van der Waals surface area contributed by atoms with E-state index < -0.39 is 0 Å². The minimum absolute atomic E-state index is 0.213. The van der Waals surface area contributed by atoms with Gasteiger partial charge in [-0.15, -0.1) is 0 Å². The van der Waals surface area contributed by atoms with Crippen LogP contribution in [0.1, 0.15) is 10.5 Å². The number of amides is 1. The van der Waals surface area contributed by atoms with Crippen molar-refractivity contribution in [2.75, 3.05) is 5.32 Å². The van der Waals surface area contributed by atoms with Crippen LogP contribution >= 0.6 is 27.5 Å². The molecule has 0 aliphatic carbocycles. The number of para-hydroxylation sites is 1. The predicted octanol–water partition coefficient (Wildman–Crippen LogP) is 3.14. The summed E-state index contributed by atoms with van der Waals surface area (Å²) in [5.41, 5.74) is 0.888. The third-order valence-electron chi connectivity index (χ3n) is 1.98. The lowest BCUT2D eigenvalue weighted by Crippen LogP contribution is -2.14. The average molecular weight is 313 g/mol.